The van der Waals surface area contributed by atoms with E-state index in [2.05, 4.69) is 55.6 Å². The van der Waals surface area contributed by atoms with Crippen molar-refractivity contribution in [1.82, 2.24) is 0 Å². The van der Waals surface area contributed by atoms with Crippen LogP contribution in [-0.4, -0.2) is 11.6 Å². The summed E-state index contributed by atoms with van der Waals surface area (Å²) in [6, 6.07) is 16.5. The van der Waals surface area contributed by atoms with E-state index in [4.69, 9.17) is 4.74 Å². The highest BCUT2D eigenvalue weighted by molar-refractivity contribution is 7.43. The number of rotatable bonds is 4. The molecule has 2 unspecified atom stereocenters. The van der Waals surface area contributed by atoms with Gasteiger partial charge in [-0.05, 0) is 71.2 Å². The van der Waals surface area contributed by atoms with Crippen LogP contribution in [0.5, 0.6) is 0 Å². The van der Waals surface area contributed by atoms with Gasteiger partial charge in [0, 0.05) is 33.4 Å². The van der Waals surface area contributed by atoms with Crippen molar-refractivity contribution in [2.45, 2.75) is 52.6 Å². The second kappa shape index (κ2) is 7.79. The number of ether oxygens (including phenoxy) is 1. The molecule has 2 nitrogen and oxygen atoms in total. The van der Waals surface area contributed by atoms with Gasteiger partial charge < -0.3 is 4.74 Å². The van der Waals surface area contributed by atoms with E-state index < -0.39 is 5.60 Å². The molecule has 4 rings (SSSR count). The van der Waals surface area contributed by atoms with Crippen LogP contribution in [-0.2, 0) is 4.74 Å². The van der Waals surface area contributed by atoms with Gasteiger partial charge in [0.2, 0.25) is 0 Å². The maximum absolute atomic E-state index is 13.0. The minimum atomic E-state index is -0.506. The Balaban J connectivity index is 1.61. The normalized spacial score (nSPS) is 17.9. The highest BCUT2D eigenvalue weighted by atomic mass is 32.2. The van der Waals surface area contributed by atoms with Crippen LogP contribution in [0.1, 0.15) is 56.0 Å². The lowest BCUT2D eigenvalue weighted by molar-refractivity contribution is -0.0228. The number of carbonyl (C=O) groups excluding carboxylic acids is 1. The third kappa shape index (κ3) is 4.02. The molecule has 0 aliphatic heterocycles. The maximum Gasteiger partial charge on any atom is 0.338 e. The van der Waals surface area contributed by atoms with Gasteiger partial charge in [-0.2, -0.15) is 0 Å². The van der Waals surface area contributed by atoms with Crippen LogP contribution < -0.4 is 0 Å². The minimum Gasteiger partial charge on any atom is -0.455 e. The summed E-state index contributed by atoms with van der Waals surface area (Å²) in [6.07, 6.45) is 5.68. The van der Waals surface area contributed by atoms with E-state index in [1.165, 1.54) is 21.2 Å². The molecule has 29 heavy (non-hydrogen) atoms. The number of fused-ring (bicyclic) bond motifs is 1. The third-order valence-electron chi connectivity index (χ3n) is 5.99. The predicted molar refractivity (Wildman–Crippen MR) is 123 cm³/mol. The Kier molecular flexibility index (Phi) is 5.35. The van der Waals surface area contributed by atoms with Crippen LogP contribution in [0.15, 0.2) is 65.6 Å². The van der Waals surface area contributed by atoms with Gasteiger partial charge in [-0.15, -0.1) is 0 Å². The van der Waals surface area contributed by atoms with Crippen LogP contribution in [0.2, 0.25) is 0 Å². The van der Waals surface area contributed by atoms with Crippen LogP contribution in [0.25, 0.3) is 15.0 Å². The molecule has 3 heteroatoms. The molecule has 0 spiro atoms. The van der Waals surface area contributed by atoms with Crippen molar-refractivity contribution in [2.24, 2.45) is 5.92 Å². The minimum absolute atomic E-state index is 0.134. The van der Waals surface area contributed by atoms with Crippen LogP contribution in [0.4, 0.5) is 0 Å². The van der Waals surface area contributed by atoms with Crippen molar-refractivity contribution in [2.75, 3.05) is 0 Å². The summed E-state index contributed by atoms with van der Waals surface area (Å²) in [7, 11) is -0.134. The fourth-order valence-electron chi connectivity index (χ4n) is 4.28. The summed E-state index contributed by atoms with van der Waals surface area (Å²) in [5, 5.41) is 3.62. The zero-order valence-electron chi connectivity index (χ0n) is 17.7. The van der Waals surface area contributed by atoms with Gasteiger partial charge in [0.25, 0.3) is 0 Å². The SMILES string of the molecule is CC1=CC(C(C)(C)OC(=O)c2cccc(-[s+]3cc(C)c4ccccc43)c2)CCC1. The molecule has 0 fully saturated rings. The maximum atomic E-state index is 13.0. The summed E-state index contributed by atoms with van der Waals surface area (Å²) in [6.45, 7) is 8.40. The fraction of sp³-hybridized carbons (Fsp3) is 0.346. The summed E-state index contributed by atoms with van der Waals surface area (Å²) in [4.78, 5) is 14.2. The second-order valence-corrected chi connectivity index (χ2v) is 10.5. The van der Waals surface area contributed by atoms with Gasteiger partial charge >= 0.3 is 5.97 Å². The van der Waals surface area contributed by atoms with E-state index in [1.54, 1.807) is 0 Å². The van der Waals surface area contributed by atoms with E-state index in [9.17, 15) is 4.79 Å². The van der Waals surface area contributed by atoms with E-state index in [0.717, 1.165) is 24.2 Å². The van der Waals surface area contributed by atoms with Gasteiger partial charge in [-0.3, -0.25) is 0 Å². The van der Waals surface area contributed by atoms with Gasteiger partial charge in [-0.1, -0.05) is 29.8 Å². The van der Waals surface area contributed by atoms with Gasteiger partial charge in [0.15, 0.2) is 9.60 Å². The first-order valence-corrected chi connectivity index (χ1v) is 11.7. The Morgan fingerprint density at radius 2 is 1.90 bits per heavy atom. The molecule has 3 aromatic rings. The molecule has 0 radical (unpaired) electrons. The number of hydrogen-bond donors (Lipinski definition) is 0. The van der Waals surface area contributed by atoms with Crippen molar-refractivity contribution in [3.8, 4) is 4.90 Å². The average molecular weight is 406 g/mol. The Hall–Kier alpha value is -2.39. The highest BCUT2D eigenvalue weighted by Crippen LogP contribution is 2.42. The molecule has 150 valence electrons. The molecule has 2 aromatic carbocycles. The number of esters is 1. The van der Waals surface area contributed by atoms with E-state index in [-0.39, 0.29) is 22.4 Å². The first-order chi connectivity index (χ1) is 13.8. The number of thiophene rings is 1. The highest BCUT2D eigenvalue weighted by Gasteiger charge is 2.33. The average Bonchev–Trinajstić information content (AvgIpc) is 3.05. The van der Waals surface area contributed by atoms with Crippen molar-refractivity contribution in [1.29, 1.82) is 0 Å². The van der Waals surface area contributed by atoms with Crippen molar-refractivity contribution in [3.05, 3.63) is 76.7 Å². The molecular weight excluding hydrogens is 376 g/mol. The Morgan fingerprint density at radius 3 is 2.69 bits per heavy atom. The summed E-state index contributed by atoms with van der Waals surface area (Å²) < 4.78 is 7.36. The topological polar surface area (TPSA) is 26.3 Å². The first-order valence-electron chi connectivity index (χ1n) is 10.4. The molecule has 2 atom stereocenters. The van der Waals surface area contributed by atoms with Gasteiger partial charge in [0.1, 0.15) is 11.0 Å². The quantitative estimate of drug-likeness (QED) is 0.254. The molecule has 1 heterocycles. The number of carbonyl (C=O) groups is 1. The second-order valence-electron chi connectivity index (χ2n) is 8.67. The molecule has 0 saturated heterocycles. The van der Waals surface area contributed by atoms with Crippen LogP contribution >= 0.6 is 10.5 Å². The Labute approximate surface area is 176 Å². The smallest absolute Gasteiger partial charge is 0.338 e. The lowest BCUT2D eigenvalue weighted by Crippen LogP contribution is -2.36. The Morgan fingerprint density at radius 1 is 1.10 bits per heavy atom. The molecule has 0 bridgehead atoms. The summed E-state index contributed by atoms with van der Waals surface area (Å²) in [5.74, 6) is 0.0443. The lowest BCUT2D eigenvalue weighted by atomic mass is 9.81. The third-order valence-corrected chi connectivity index (χ3v) is 8.17. The lowest BCUT2D eigenvalue weighted by Gasteiger charge is -2.34. The molecule has 0 amide bonds. The zero-order valence-corrected chi connectivity index (χ0v) is 18.5. The van der Waals surface area contributed by atoms with E-state index >= 15 is 0 Å². The molecular formula is C26H29O2S+. The predicted octanol–water partition coefficient (Wildman–Crippen LogP) is 7.57. The number of benzene rings is 2. The van der Waals surface area contributed by atoms with E-state index in [1.807, 2.05) is 32.0 Å². The van der Waals surface area contributed by atoms with Gasteiger partial charge in [0.05, 0.1) is 5.56 Å². The van der Waals surface area contributed by atoms with Crippen LogP contribution in [0.3, 0.4) is 0 Å². The largest absolute Gasteiger partial charge is 0.455 e. The van der Waals surface area contributed by atoms with Crippen molar-refractivity contribution >= 4 is 26.5 Å². The monoisotopic (exact) mass is 405 g/mol. The van der Waals surface area contributed by atoms with Gasteiger partial charge in [-0.25, -0.2) is 4.79 Å². The summed E-state index contributed by atoms with van der Waals surface area (Å²) >= 11 is 0. The molecule has 1 aliphatic rings. The molecule has 0 N–H and O–H groups in total. The fourth-order valence-corrected chi connectivity index (χ4v) is 6.44. The van der Waals surface area contributed by atoms with Crippen molar-refractivity contribution < 1.29 is 9.53 Å². The first kappa shape index (κ1) is 19.9. The summed E-state index contributed by atoms with van der Waals surface area (Å²) in [5.41, 5.74) is 2.83. The number of hydrogen-bond acceptors (Lipinski definition) is 2. The number of aryl methyl sites for hydroxylation is 1. The standard InChI is InChI=1S/C26H29O2S/c1-18-9-7-11-21(15-18)26(3,4)28-25(27)20-10-8-12-22(16-20)29-17-19(2)23-13-5-6-14-24(23)29/h5-6,8,10,12-17,21H,7,9,11H2,1-4H3/q+1. The molecule has 1 aromatic heterocycles. The van der Waals surface area contributed by atoms with Crippen LogP contribution in [0, 0.1) is 12.8 Å². The van der Waals surface area contributed by atoms with Crippen molar-refractivity contribution in [3.63, 3.8) is 0 Å². The van der Waals surface area contributed by atoms with E-state index in [0.29, 0.717) is 5.56 Å². The number of allylic oxidation sites excluding steroid dienone is 1. The molecule has 0 saturated carbocycles. The Bertz CT molecular complexity index is 1090. The molecule has 1 aliphatic carbocycles. The zero-order chi connectivity index (χ0) is 20.6.